The molecule has 0 unspecified atom stereocenters. The van der Waals surface area contributed by atoms with E-state index in [0.29, 0.717) is 31.1 Å². The summed E-state index contributed by atoms with van der Waals surface area (Å²) in [7, 11) is -3.74. The van der Waals surface area contributed by atoms with Gasteiger partial charge in [-0.15, -0.1) is 0 Å². The zero-order chi connectivity index (χ0) is 23.2. The van der Waals surface area contributed by atoms with Crippen LogP contribution in [0.1, 0.15) is 91.9 Å². The predicted octanol–water partition coefficient (Wildman–Crippen LogP) is 2.61. The van der Waals surface area contributed by atoms with E-state index in [-0.39, 0.29) is 28.7 Å². The van der Waals surface area contributed by atoms with Gasteiger partial charge in [0.2, 0.25) is 15.9 Å². The molecule has 4 aliphatic carbocycles. The summed E-state index contributed by atoms with van der Waals surface area (Å²) >= 11 is 0. The lowest BCUT2D eigenvalue weighted by molar-refractivity contribution is -0.130. The number of sulfonamides is 1. The van der Waals surface area contributed by atoms with Crippen LogP contribution in [-0.4, -0.2) is 43.1 Å². The molecule has 4 atom stereocenters. The highest BCUT2D eigenvalue weighted by Crippen LogP contribution is 2.87. The Kier molecular flexibility index (Phi) is 4.75. The number of rotatable bonds is 8. The minimum Gasteiger partial charge on any atom is -0.340 e. The third-order valence-corrected chi connectivity index (χ3v) is 12.8. The van der Waals surface area contributed by atoms with Crippen LogP contribution in [0.25, 0.3) is 0 Å². The molecule has 2 amide bonds. The SMILES string of the molecule is CCCC1(S(=O)(=O)NC(=O)[C@@]2(NC(=O)[C@@H]3C[C@@]4(CN3)C(C)(C)C43CCC3)C[C@@H]2CC)CC1. The van der Waals surface area contributed by atoms with Gasteiger partial charge in [0, 0.05) is 6.54 Å². The van der Waals surface area contributed by atoms with Crippen molar-refractivity contribution in [2.45, 2.75) is 108 Å². The van der Waals surface area contributed by atoms with Gasteiger partial charge in [0.05, 0.1) is 10.8 Å². The van der Waals surface area contributed by atoms with Crippen molar-refractivity contribution < 1.29 is 18.0 Å². The molecule has 32 heavy (non-hydrogen) atoms. The molecule has 5 rings (SSSR count). The van der Waals surface area contributed by atoms with Gasteiger partial charge in [0.1, 0.15) is 5.54 Å². The molecule has 7 nitrogen and oxygen atoms in total. The van der Waals surface area contributed by atoms with E-state index >= 15 is 0 Å². The Balaban J connectivity index is 1.27. The maximum atomic E-state index is 13.3. The summed E-state index contributed by atoms with van der Waals surface area (Å²) in [6.45, 7) is 9.47. The smallest absolute Gasteiger partial charge is 0.259 e. The molecule has 0 radical (unpaired) electrons. The van der Waals surface area contributed by atoms with Gasteiger partial charge in [-0.3, -0.25) is 14.3 Å². The largest absolute Gasteiger partial charge is 0.340 e. The monoisotopic (exact) mass is 465 g/mol. The Morgan fingerprint density at radius 2 is 1.72 bits per heavy atom. The number of fused-ring (bicyclic) bond motifs is 1. The summed E-state index contributed by atoms with van der Waals surface area (Å²) in [5.74, 6) is -0.721. The number of hydrogen-bond acceptors (Lipinski definition) is 5. The summed E-state index contributed by atoms with van der Waals surface area (Å²) in [6, 6.07) is -0.316. The molecule has 0 aromatic rings. The lowest BCUT2D eigenvalue weighted by Crippen LogP contribution is -2.56. The van der Waals surface area contributed by atoms with Gasteiger partial charge in [-0.25, -0.2) is 8.42 Å². The summed E-state index contributed by atoms with van der Waals surface area (Å²) in [5, 5.41) is 6.46. The number of carbonyl (C=O) groups is 2. The molecule has 8 heteroatoms. The Labute approximate surface area is 192 Å². The van der Waals surface area contributed by atoms with Gasteiger partial charge in [-0.1, -0.05) is 47.0 Å². The molecule has 0 aromatic heterocycles. The molecule has 4 saturated carbocycles. The second-order valence-electron chi connectivity index (χ2n) is 11.9. The molecule has 5 fully saturated rings. The topological polar surface area (TPSA) is 104 Å². The highest BCUT2D eigenvalue weighted by Gasteiger charge is 2.84. The van der Waals surface area contributed by atoms with Crippen molar-refractivity contribution in [3.63, 3.8) is 0 Å². The van der Waals surface area contributed by atoms with Gasteiger partial charge < -0.3 is 10.6 Å². The predicted molar refractivity (Wildman–Crippen MR) is 122 cm³/mol. The molecule has 1 aliphatic heterocycles. The van der Waals surface area contributed by atoms with Crippen LogP contribution in [-0.2, 0) is 19.6 Å². The first-order chi connectivity index (χ1) is 15.0. The summed E-state index contributed by atoms with van der Waals surface area (Å²) in [5.41, 5.74) is -0.307. The second-order valence-corrected chi connectivity index (χ2v) is 14.0. The number of carbonyl (C=O) groups excluding carboxylic acids is 2. The van der Waals surface area contributed by atoms with E-state index in [1.54, 1.807) is 0 Å². The molecule has 5 aliphatic rings. The molecule has 1 heterocycles. The normalized spacial score (nSPS) is 39.4. The van der Waals surface area contributed by atoms with Crippen molar-refractivity contribution in [2.75, 3.05) is 6.54 Å². The fourth-order valence-electron chi connectivity index (χ4n) is 7.90. The molecular formula is C24H39N3O4S. The first-order valence-electron chi connectivity index (χ1n) is 12.6. The Bertz CT molecular complexity index is 952. The van der Waals surface area contributed by atoms with E-state index in [2.05, 4.69) is 29.2 Å². The molecule has 0 bridgehead atoms. The fourth-order valence-corrected chi connectivity index (χ4v) is 9.65. The number of hydrogen-bond donors (Lipinski definition) is 3. The van der Waals surface area contributed by atoms with Crippen LogP contribution in [0.4, 0.5) is 0 Å². The molecule has 0 aromatic carbocycles. The van der Waals surface area contributed by atoms with Crippen molar-refractivity contribution in [2.24, 2.45) is 22.2 Å². The maximum absolute atomic E-state index is 13.3. The summed E-state index contributed by atoms with van der Waals surface area (Å²) in [4.78, 5) is 26.5. The molecule has 2 spiro atoms. The first-order valence-corrected chi connectivity index (χ1v) is 14.1. The Morgan fingerprint density at radius 3 is 2.19 bits per heavy atom. The van der Waals surface area contributed by atoms with Crippen LogP contribution >= 0.6 is 0 Å². The van der Waals surface area contributed by atoms with Crippen molar-refractivity contribution in [1.82, 2.24) is 15.4 Å². The minimum atomic E-state index is -3.74. The highest BCUT2D eigenvalue weighted by atomic mass is 32.2. The van der Waals surface area contributed by atoms with Crippen molar-refractivity contribution in [1.29, 1.82) is 0 Å². The van der Waals surface area contributed by atoms with E-state index in [9.17, 15) is 18.0 Å². The Hall–Kier alpha value is -1.15. The van der Waals surface area contributed by atoms with E-state index in [0.717, 1.165) is 25.8 Å². The lowest BCUT2D eigenvalue weighted by Gasteiger charge is -2.31. The van der Waals surface area contributed by atoms with Crippen LogP contribution in [0.15, 0.2) is 0 Å². The van der Waals surface area contributed by atoms with E-state index < -0.39 is 26.2 Å². The van der Waals surface area contributed by atoms with Crippen LogP contribution in [0.2, 0.25) is 0 Å². The van der Waals surface area contributed by atoms with Crippen LogP contribution < -0.4 is 15.4 Å². The summed E-state index contributed by atoms with van der Waals surface area (Å²) < 4.78 is 27.5. The third kappa shape index (κ3) is 2.65. The maximum Gasteiger partial charge on any atom is 0.259 e. The van der Waals surface area contributed by atoms with Gasteiger partial charge in [0.15, 0.2) is 0 Å². The van der Waals surface area contributed by atoms with Gasteiger partial charge in [-0.2, -0.15) is 0 Å². The average Bonchev–Trinajstić information content (AvgIpc) is 3.60. The zero-order valence-electron chi connectivity index (χ0n) is 20.0. The van der Waals surface area contributed by atoms with Gasteiger partial charge >= 0.3 is 0 Å². The van der Waals surface area contributed by atoms with Crippen LogP contribution in [0, 0.1) is 22.2 Å². The molecule has 3 N–H and O–H groups in total. The van der Waals surface area contributed by atoms with E-state index in [1.165, 1.54) is 19.3 Å². The molecule has 180 valence electrons. The van der Waals surface area contributed by atoms with Gasteiger partial charge in [0.25, 0.3) is 5.91 Å². The Morgan fingerprint density at radius 1 is 1.03 bits per heavy atom. The number of amides is 2. The summed E-state index contributed by atoms with van der Waals surface area (Å²) in [6.07, 6.45) is 8.35. The lowest BCUT2D eigenvalue weighted by atomic mass is 9.73. The van der Waals surface area contributed by atoms with Crippen molar-refractivity contribution >= 4 is 21.8 Å². The standard InChI is InChI=1S/C24H39N3O4S/c1-5-8-21(11-12-21)32(30,31)27-19(29)24(13-16(24)6-2)26-18(28)17-14-23(15-25-17)20(3,4)22(23)9-7-10-22/h16-17,25H,5-15H2,1-4H3,(H,26,28)(H,27,29)/t16-,17-,23+,24+/m0/s1. The van der Waals surface area contributed by atoms with E-state index in [1.807, 2.05) is 13.8 Å². The van der Waals surface area contributed by atoms with E-state index in [4.69, 9.17) is 0 Å². The first kappa shape index (κ1) is 22.6. The molecular weight excluding hydrogens is 426 g/mol. The number of nitrogens with one attached hydrogen (secondary N) is 3. The molecule has 1 saturated heterocycles. The zero-order valence-corrected chi connectivity index (χ0v) is 20.8. The average molecular weight is 466 g/mol. The van der Waals surface area contributed by atoms with Crippen molar-refractivity contribution in [3.05, 3.63) is 0 Å². The van der Waals surface area contributed by atoms with Gasteiger partial charge in [-0.05, 0) is 67.1 Å². The van der Waals surface area contributed by atoms with Crippen LogP contribution in [0.5, 0.6) is 0 Å². The second kappa shape index (κ2) is 6.71. The minimum absolute atomic E-state index is 0.0197. The third-order valence-electron chi connectivity index (χ3n) is 10.6. The fraction of sp³-hybridized carbons (Fsp3) is 0.917. The van der Waals surface area contributed by atoms with Crippen molar-refractivity contribution in [3.8, 4) is 0 Å². The highest BCUT2D eigenvalue weighted by molar-refractivity contribution is 7.91. The van der Waals surface area contributed by atoms with Crippen LogP contribution in [0.3, 0.4) is 0 Å². The quantitative estimate of drug-likeness (QED) is 0.511.